The van der Waals surface area contributed by atoms with E-state index in [0.29, 0.717) is 0 Å². The molecule has 1 heterocycles. The van der Waals surface area contributed by atoms with Crippen molar-refractivity contribution in [3.63, 3.8) is 0 Å². The van der Waals surface area contributed by atoms with E-state index in [-0.39, 0.29) is 3.57 Å². The van der Waals surface area contributed by atoms with E-state index in [1.165, 1.54) is 22.6 Å². The van der Waals surface area contributed by atoms with Crippen LogP contribution < -0.4 is 0 Å². The average molecular weight is 362 g/mol. The van der Waals surface area contributed by atoms with Crippen molar-refractivity contribution < 1.29 is 18.5 Å². The lowest BCUT2D eigenvalue weighted by Crippen LogP contribution is -2.08. The number of carbonyl (C=O) groups is 1. The fourth-order valence-corrected chi connectivity index (χ4v) is 1.82. The molecule has 0 bridgehead atoms. The first kappa shape index (κ1) is 13.2. The first-order valence-electron chi connectivity index (χ1n) is 3.67. The molecule has 0 saturated carbocycles. The molecule has 0 amide bonds. The molecule has 0 aromatic carbocycles. The molecule has 5 nitrogen and oxygen atoms in total. The molecule has 0 N–H and O–H groups in total. The molecule has 9 heteroatoms. The summed E-state index contributed by atoms with van der Waals surface area (Å²) in [4.78, 5) is 23.8. The fourth-order valence-electron chi connectivity index (χ4n) is 1.04. The molecule has 0 aliphatic carbocycles. The minimum absolute atomic E-state index is 0.0837. The van der Waals surface area contributed by atoms with E-state index in [1.54, 1.807) is 0 Å². The summed E-state index contributed by atoms with van der Waals surface area (Å²) in [6, 6.07) is 0. The summed E-state index contributed by atoms with van der Waals surface area (Å²) in [5.74, 6) is 0. The summed E-state index contributed by atoms with van der Waals surface area (Å²) in [6.45, 7) is 0. The molecule has 86 valence electrons. The molecule has 0 spiro atoms. The third kappa shape index (κ3) is 2.43. The van der Waals surface area contributed by atoms with Gasteiger partial charge in [-0.25, -0.2) is 13.8 Å². The van der Waals surface area contributed by atoms with Crippen molar-refractivity contribution in [2.75, 3.05) is 0 Å². The smallest absolute Gasteiger partial charge is 0.274 e. The Labute approximate surface area is 106 Å². The molecule has 0 radical (unpaired) electrons. The van der Waals surface area contributed by atoms with Crippen LogP contribution in [0.25, 0.3) is 0 Å². The van der Waals surface area contributed by atoms with Crippen LogP contribution in [-0.2, 0) is 0 Å². The second-order valence-corrected chi connectivity index (χ2v) is 4.05. The summed E-state index contributed by atoms with van der Waals surface area (Å²) < 4.78 is 25.2. The third-order valence-corrected chi connectivity index (χ3v) is 2.60. The predicted molar refractivity (Wildman–Crippen MR) is 58.7 cm³/mol. The Kier molecular flexibility index (Phi) is 4.08. The number of hydrogen-bond donors (Lipinski definition) is 0. The van der Waals surface area contributed by atoms with Crippen LogP contribution in [0.5, 0.6) is 0 Å². The maximum Gasteiger partial charge on any atom is 0.295 e. The van der Waals surface area contributed by atoms with Crippen molar-refractivity contribution in [1.29, 1.82) is 0 Å². The quantitative estimate of drug-likeness (QED) is 0.359. The molecule has 0 aliphatic heterocycles. The van der Waals surface area contributed by atoms with E-state index in [4.69, 9.17) is 11.6 Å². The Balaban J connectivity index is 3.63. The molecule has 0 saturated heterocycles. The topological polar surface area (TPSA) is 73.1 Å². The number of halogens is 4. The van der Waals surface area contributed by atoms with Crippen LogP contribution in [0, 0.1) is 13.7 Å². The summed E-state index contributed by atoms with van der Waals surface area (Å²) in [5.41, 5.74) is -2.67. The van der Waals surface area contributed by atoms with Gasteiger partial charge in [0.05, 0.1) is 4.92 Å². The fraction of sp³-hybridized carbons (Fsp3) is 0.143. The van der Waals surface area contributed by atoms with Gasteiger partial charge in [-0.1, -0.05) is 0 Å². The Bertz CT molecular complexity index is 469. The molecule has 1 aromatic heterocycles. The Morgan fingerprint density at radius 1 is 1.62 bits per heavy atom. The van der Waals surface area contributed by atoms with E-state index in [1.807, 2.05) is 0 Å². The standard InChI is InChI=1S/C7H2ClF2IN2O3/c8-6(14)4-3(7(9)10)5(13(15)16)2(11)1-12-4/h1,7H. The number of nitro groups is 1. The van der Waals surface area contributed by atoms with Gasteiger partial charge >= 0.3 is 0 Å². The lowest BCUT2D eigenvalue weighted by Gasteiger charge is -2.06. The molecular weight excluding hydrogens is 360 g/mol. The van der Waals surface area contributed by atoms with Crippen LogP contribution in [-0.4, -0.2) is 15.1 Å². The van der Waals surface area contributed by atoms with Gasteiger partial charge in [0.1, 0.15) is 14.8 Å². The molecule has 1 aromatic rings. The highest BCUT2D eigenvalue weighted by atomic mass is 127. The van der Waals surface area contributed by atoms with Crippen LogP contribution in [0.1, 0.15) is 22.5 Å². The van der Waals surface area contributed by atoms with Crippen LogP contribution in [0.4, 0.5) is 14.5 Å². The summed E-state index contributed by atoms with van der Waals surface area (Å²) >= 11 is 6.50. The second kappa shape index (κ2) is 4.95. The van der Waals surface area contributed by atoms with E-state index in [0.717, 1.165) is 6.20 Å². The highest BCUT2D eigenvalue weighted by molar-refractivity contribution is 14.1. The highest BCUT2D eigenvalue weighted by Gasteiger charge is 2.31. The SMILES string of the molecule is O=C(Cl)c1ncc(I)c([N+](=O)[O-])c1C(F)F. The van der Waals surface area contributed by atoms with Gasteiger partial charge < -0.3 is 0 Å². The van der Waals surface area contributed by atoms with Crippen molar-refractivity contribution in [2.45, 2.75) is 6.43 Å². The Morgan fingerprint density at radius 3 is 2.56 bits per heavy atom. The highest BCUT2D eigenvalue weighted by Crippen LogP contribution is 2.34. The summed E-state index contributed by atoms with van der Waals surface area (Å²) in [7, 11) is 0. The molecule has 0 fully saturated rings. The number of pyridine rings is 1. The van der Waals surface area contributed by atoms with Gasteiger partial charge in [0.15, 0.2) is 0 Å². The number of nitrogens with zero attached hydrogens (tertiary/aromatic N) is 2. The lowest BCUT2D eigenvalue weighted by atomic mass is 10.1. The minimum Gasteiger partial charge on any atom is -0.274 e. The monoisotopic (exact) mass is 362 g/mol. The van der Waals surface area contributed by atoms with Gasteiger partial charge in [-0.05, 0) is 34.2 Å². The van der Waals surface area contributed by atoms with E-state index >= 15 is 0 Å². The van der Waals surface area contributed by atoms with E-state index < -0.39 is 33.5 Å². The zero-order valence-electron chi connectivity index (χ0n) is 7.29. The molecule has 0 unspecified atom stereocenters. The number of aromatic nitrogens is 1. The van der Waals surface area contributed by atoms with Gasteiger partial charge in [0, 0.05) is 6.20 Å². The van der Waals surface area contributed by atoms with Crippen LogP contribution >= 0.6 is 34.2 Å². The molecular formula is C7H2ClF2IN2O3. The molecule has 0 aliphatic rings. The van der Waals surface area contributed by atoms with Gasteiger partial charge in [-0.15, -0.1) is 0 Å². The molecule has 16 heavy (non-hydrogen) atoms. The predicted octanol–water partition coefficient (Wildman–Crippen LogP) is 2.91. The zero-order valence-corrected chi connectivity index (χ0v) is 10.2. The van der Waals surface area contributed by atoms with Crippen molar-refractivity contribution in [3.8, 4) is 0 Å². The third-order valence-electron chi connectivity index (χ3n) is 1.63. The zero-order chi connectivity index (χ0) is 12.5. The number of carbonyl (C=O) groups excluding carboxylic acids is 1. The van der Waals surface area contributed by atoms with Crippen molar-refractivity contribution in [2.24, 2.45) is 0 Å². The van der Waals surface area contributed by atoms with Gasteiger partial charge in [0.25, 0.3) is 17.4 Å². The van der Waals surface area contributed by atoms with Crippen LogP contribution in [0.2, 0.25) is 0 Å². The van der Waals surface area contributed by atoms with Crippen molar-refractivity contribution in [1.82, 2.24) is 4.98 Å². The normalized spacial score (nSPS) is 10.6. The average Bonchev–Trinajstić information content (AvgIpc) is 2.15. The summed E-state index contributed by atoms with van der Waals surface area (Å²) in [5, 5.41) is 9.35. The van der Waals surface area contributed by atoms with Crippen LogP contribution in [0.15, 0.2) is 6.20 Å². The van der Waals surface area contributed by atoms with Crippen molar-refractivity contribution in [3.05, 3.63) is 31.1 Å². The number of hydrogen-bond acceptors (Lipinski definition) is 4. The van der Waals surface area contributed by atoms with E-state index in [2.05, 4.69) is 4.98 Å². The van der Waals surface area contributed by atoms with Crippen LogP contribution in [0.3, 0.4) is 0 Å². The lowest BCUT2D eigenvalue weighted by molar-refractivity contribution is -0.387. The van der Waals surface area contributed by atoms with E-state index in [9.17, 15) is 23.7 Å². The maximum absolute atomic E-state index is 12.6. The molecule has 1 rings (SSSR count). The number of rotatable bonds is 3. The van der Waals surface area contributed by atoms with Gasteiger partial charge in [0.2, 0.25) is 0 Å². The Morgan fingerprint density at radius 2 is 2.19 bits per heavy atom. The second-order valence-electron chi connectivity index (χ2n) is 2.55. The van der Waals surface area contributed by atoms with Gasteiger partial charge in [-0.2, -0.15) is 0 Å². The van der Waals surface area contributed by atoms with Crippen molar-refractivity contribution >= 4 is 45.1 Å². The first-order valence-corrected chi connectivity index (χ1v) is 5.12. The van der Waals surface area contributed by atoms with Gasteiger partial charge in [-0.3, -0.25) is 14.9 Å². The number of alkyl halides is 2. The Hall–Kier alpha value is -0.900. The largest absolute Gasteiger partial charge is 0.295 e. The molecule has 0 atom stereocenters. The maximum atomic E-state index is 12.6. The minimum atomic E-state index is -3.19. The summed E-state index contributed by atoms with van der Waals surface area (Å²) in [6.07, 6.45) is -2.25. The first-order chi connectivity index (χ1) is 7.36.